The first-order valence-electron chi connectivity index (χ1n) is 7.60. The average molecular weight is 319 g/mol. The van der Waals surface area contributed by atoms with E-state index in [0.717, 1.165) is 0 Å². The number of rotatable bonds is 3. The fourth-order valence-corrected chi connectivity index (χ4v) is 2.72. The molecule has 0 aliphatic carbocycles. The first-order valence-corrected chi connectivity index (χ1v) is 7.60. The number of carbonyl (C=O) groups excluding carboxylic acids is 2. The molecule has 0 unspecified atom stereocenters. The zero-order valence-electron chi connectivity index (χ0n) is 12.9. The monoisotopic (exact) mass is 319 g/mol. The molecule has 6 heteroatoms. The molecule has 3 aromatic rings. The Labute approximate surface area is 137 Å². The van der Waals surface area contributed by atoms with Crippen molar-refractivity contribution < 1.29 is 14.1 Å². The summed E-state index contributed by atoms with van der Waals surface area (Å²) < 4.78 is 5.23. The summed E-state index contributed by atoms with van der Waals surface area (Å²) in [5.41, 5.74) is 1.98. The third-order valence-corrected chi connectivity index (χ3v) is 3.93. The predicted octanol–water partition coefficient (Wildman–Crippen LogP) is 3.10. The summed E-state index contributed by atoms with van der Waals surface area (Å²) in [6.07, 6.45) is 0.668. The van der Waals surface area contributed by atoms with Crippen molar-refractivity contribution in [3.8, 4) is 11.5 Å². The van der Waals surface area contributed by atoms with Crippen molar-refractivity contribution in [3.63, 3.8) is 0 Å². The van der Waals surface area contributed by atoms with E-state index in [4.69, 9.17) is 4.52 Å². The van der Waals surface area contributed by atoms with E-state index in [2.05, 4.69) is 10.1 Å². The van der Waals surface area contributed by atoms with Crippen LogP contribution in [0.2, 0.25) is 0 Å². The molecule has 2 heterocycles. The molecule has 4 rings (SSSR count). The SMILES string of the molecule is CCc1noc(-c2cccc(N3C(=O)c4ccccc4C3=O)c2)n1. The molecule has 1 aliphatic heterocycles. The second kappa shape index (κ2) is 5.42. The fourth-order valence-electron chi connectivity index (χ4n) is 2.72. The number of aromatic nitrogens is 2. The van der Waals surface area contributed by atoms with Gasteiger partial charge in [-0.15, -0.1) is 0 Å². The van der Waals surface area contributed by atoms with Gasteiger partial charge in [-0.05, 0) is 30.3 Å². The number of carbonyl (C=O) groups is 2. The molecule has 6 nitrogen and oxygen atoms in total. The molecule has 0 atom stereocenters. The molecule has 0 N–H and O–H groups in total. The first kappa shape index (κ1) is 14.3. The van der Waals surface area contributed by atoms with Crippen LogP contribution in [0, 0.1) is 0 Å². The first-order chi connectivity index (χ1) is 11.7. The quantitative estimate of drug-likeness (QED) is 0.693. The standard InChI is InChI=1S/C18H13N3O3/c1-2-15-19-16(24-20-15)11-6-5-7-12(10-11)21-17(22)13-8-3-4-9-14(13)18(21)23/h3-10H,2H2,1H3. The van der Waals surface area contributed by atoms with Crippen LogP contribution in [0.25, 0.3) is 11.5 Å². The largest absolute Gasteiger partial charge is 0.334 e. The van der Waals surface area contributed by atoms with E-state index in [0.29, 0.717) is 40.5 Å². The van der Waals surface area contributed by atoms with Crippen LogP contribution in [-0.2, 0) is 6.42 Å². The molecule has 0 fully saturated rings. The van der Waals surface area contributed by atoms with Gasteiger partial charge in [0.05, 0.1) is 16.8 Å². The van der Waals surface area contributed by atoms with E-state index in [-0.39, 0.29) is 11.8 Å². The number of imide groups is 1. The number of hydrogen-bond donors (Lipinski definition) is 0. The van der Waals surface area contributed by atoms with E-state index < -0.39 is 0 Å². The highest BCUT2D eigenvalue weighted by molar-refractivity contribution is 6.34. The molecule has 1 aromatic heterocycles. The molecule has 1 aliphatic rings. The van der Waals surface area contributed by atoms with Crippen LogP contribution in [-0.4, -0.2) is 22.0 Å². The molecule has 0 saturated carbocycles. The van der Waals surface area contributed by atoms with Crippen molar-refractivity contribution in [3.05, 3.63) is 65.5 Å². The van der Waals surface area contributed by atoms with Crippen molar-refractivity contribution in [2.75, 3.05) is 4.90 Å². The summed E-state index contributed by atoms with van der Waals surface area (Å²) in [6, 6.07) is 13.8. The molecule has 0 bridgehead atoms. The van der Waals surface area contributed by atoms with Crippen LogP contribution < -0.4 is 4.90 Å². The highest BCUT2D eigenvalue weighted by Crippen LogP contribution is 2.30. The Balaban J connectivity index is 1.75. The minimum Gasteiger partial charge on any atom is -0.334 e. The van der Waals surface area contributed by atoms with Gasteiger partial charge in [0.25, 0.3) is 17.7 Å². The van der Waals surface area contributed by atoms with Crippen molar-refractivity contribution in [2.24, 2.45) is 0 Å². The predicted molar refractivity (Wildman–Crippen MR) is 86.7 cm³/mol. The number of amides is 2. The molecule has 118 valence electrons. The lowest BCUT2D eigenvalue weighted by atomic mass is 10.1. The molecule has 0 saturated heterocycles. The van der Waals surface area contributed by atoms with Gasteiger partial charge < -0.3 is 4.52 Å². The topological polar surface area (TPSA) is 76.3 Å². The molecule has 24 heavy (non-hydrogen) atoms. The lowest BCUT2D eigenvalue weighted by Crippen LogP contribution is -2.29. The second-order valence-corrected chi connectivity index (χ2v) is 5.41. The van der Waals surface area contributed by atoms with Crippen LogP contribution in [0.3, 0.4) is 0 Å². The van der Waals surface area contributed by atoms with Crippen molar-refractivity contribution >= 4 is 17.5 Å². The third-order valence-electron chi connectivity index (χ3n) is 3.93. The van der Waals surface area contributed by atoms with Crippen LogP contribution in [0.5, 0.6) is 0 Å². The third kappa shape index (κ3) is 2.11. The molecule has 2 amide bonds. The zero-order chi connectivity index (χ0) is 16.7. The summed E-state index contributed by atoms with van der Waals surface area (Å²) in [5.74, 6) is 0.321. The van der Waals surface area contributed by atoms with E-state index in [1.165, 1.54) is 4.90 Å². The Kier molecular flexibility index (Phi) is 3.23. The van der Waals surface area contributed by atoms with Gasteiger partial charge in [-0.1, -0.05) is 30.3 Å². The summed E-state index contributed by atoms with van der Waals surface area (Å²) in [6.45, 7) is 1.93. The van der Waals surface area contributed by atoms with Gasteiger partial charge in [0.15, 0.2) is 5.82 Å². The maximum atomic E-state index is 12.6. The van der Waals surface area contributed by atoms with Gasteiger partial charge in [-0.25, -0.2) is 4.90 Å². The maximum Gasteiger partial charge on any atom is 0.266 e. The molecule has 0 spiro atoms. The maximum absolute atomic E-state index is 12.6. The number of aryl methyl sites for hydroxylation is 1. The lowest BCUT2D eigenvalue weighted by molar-refractivity contribution is 0.0926. The van der Waals surface area contributed by atoms with Crippen LogP contribution in [0.15, 0.2) is 53.1 Å². The van der Waals surface area contributed by atoms with E-state index in [1.54, 1.807) is 48.5 Å². The Morgan fingerprint density at radius 1 is 1.00 bits per heavy atom. The van der Waals surface area contributed by atoms with E-state index in [1.807, 2.05) is 6.92 Å². The average Bonchev–Trinajstić information content (AvgIpc) is 3.20. The molecular weight excluding hydrogens is 306 g/mol. The number of fused-ring (bicyclic) bond motifs is 1. The highest BCUT2D eigenvalue weighted by Gasteiger charge is 2.36. The number of benzene rings is 2. The van der Waals surface area contributed by atoms with Gasteiger partial charge in [-0.3, -0.25) is 9.59 Å². The zero-order valence-corrected chi connectivity index (χ0v) is 12.9. The Morgan fingerprint density at radius 3 is 2.33 bits per heavy atom. The Morgan fingerprint density at radius 2 is 1.71 bits per heavy atom. The van der Waals surface area contributed by atoms with Gasteiger partial charge in [0.2, 0.25) is 0 Å². The molecule has 0 radical (unpaired) electrons. The minimum absolute atomic E-state index is 0.326. The van der Waals surface area contributed by atoms with E-state index in [9.17, 15) is 9.59 Å². The summed E-state index contributed by atoms with van der Waals surface area (Å²) in [5, 5.41) is 3.87. The number of nitrogens with zero attached hydrogens (tertiary/aromatic N) is 3. The summed E-state index contributed by atoms with van der Waals surface area (Å²) in [4.78, 5) is 30.6. The smallest absolute Gasteiger partial charge is 0.266 e. The van der Waals surface area contributed by atoms with Crippen molar-refractivity contribution in [2.45, 2.75) is 13.3 Å². The number of anilines is 1. The van der Waals surface area contributed by atoms with Crippen molar-refractivity contribution in [1.82, 2.24) is 10.1 Å². The van der Waals surface area contributed by atoms with Gasteiger partial charge in [-0.2, -0.15) is 4.98 Å². The second-order valence-electron chi connectivity index (χ2n) is 5.41. The summed E-state index contributed by atoms with van der Waals surface area (Å²) >= 11 is 0. The van der Waals surface area contributed by atoms with Crippen molar-refractivity contribution in [1.29, 1.82) is 0 Å². The normalized spacial score (nSPS) is 13.5. The Hall–Kier alpha value is -3.28. The van der Waals surface area contributed by atoms with Crippen LogP contribution in [0.1, 0.15) is 33.5 Å². The lowest BCUT2D eigenvalue weighted by Gasteiger charge is -2.14. The van der Waals surface area contributed by atoms with Gasteiger partial charge in [0, 0.05) is 12.0 Å². The Bertz CT molecular complexity index is 926. The van der Waals surface area contributed by atoms with Crippen LogP contribution >= 0.6 is 0 Å². The molecule has 2 aromatic carbocycles. The summed E-state index contributed by atoms with van der Waals surface area (Å²) in [7, 11) is 0. The molecular formula is C18H13N3O3. The van der Waals surface area contributed by atoms with Gasteiger partial charge in [0.1, 0.15) is 0 Å². The highest BCUT2D eigenvalue weighted by atomic mass is 16.5. The fraction of sp³-hybridized carbons (Fsp3) is 0.111. The van der Waals surface area contributed by atoms with Crippen LogP contribution in [0.4, 0.5) is 5.69 Å². The van der Waals surface area contributed by atoms with Gasteiger partial charge >= 0.3 is 0 Å². The van der Waals surface area contributed by atoms with E-state index >= 15 is 0 Å². The number of hydrogen-bond acceptors (Lipinski definition) is 5. The minimum atomic E-state index is -0.326.